The maximum absolute atomic E-state index is 16.1. The second-order valence-electron chi connectivity index (χ2n) is 16.0. The maximum Gasteiger partial charge on any atom is 0.407 e. The van der Waals surface area contributed by atoms with Crippen LogP contribution in [0.4, 0.5) is 14.0 Å². The van der Waals surface area contributed by atoms with Crippen LogP contribution in [0.3, 0.4) is 0 Å². The van der Waals surface area contributed by atoms with Gasteiger partial charge in [-0.15, -0.1) is 6.58 Å². The SMILES string of the molecule is C=CCCN(Cc1ncc(-c2ccc3c(c2)cc2n3COc3cc(-c4cnc(C5CCCN5C(=O)C(NC(=O)OC)C(C)C)[nH]4)c(F)cc3-2)[nH]1)C(=O)C(NC(=O)OC)C(C)C. The van der Waals surface area contributed by atoms with E-state index in [4.69, 9.17) is 14.2 Å². The summed E-state index contributed by atoms with van der Waals surface area (Å²) in [4.78, 5) is 70.4. The fourth-order valence-corrected chi connectivity index (χ4v) is 8.03. The number of halogens is 1. The molecule has 5 heterocycles. The zero-order valence-corrected chi connectivity index (χ0v) is 35.2. The smallest absolute Gasteiger partial charge is 0.407 e. The molecule has 2 aromatic carbocycles. The molecule has 4 amide bonds. The Morgan fingerprint density at radius 1 is 0.967 bits per heavy atom. The monoisotopic (exact) mass is 837 g/mol. The fourth-order valence-electron chi connectivity index (χ4n) is 8.03. The van der Waals surface area contributed by atoms with E-state index in [2.05, 4.69) is 37.1 Å². The first-order valence-electron chi connectivity index (χ1n) is 20.4. The van der Waals surface area contributed by atoms with E-state index in [0.29, 0.717) is 54.6 Å². The molecule has 0 bridgehead atoms. The Labute approximate surface area is 352 Å². The first-order chi connectivity index (χ1) is 29.3. The van der Waals surface area contributed by atoms with Gasteiger partial charge in [-0.25, -0.2) is 23.9 Å². The normalized spacial score (nSPS) is 15.5. The molecule has 3 unspecified atom stereocenters. The topological polar surface area (TPSA) is 189 Å². The Bertz CT molecular complexity index is 2450. The van der Waals surface area contributed by atoms with Crippen molar-refractivity contribution < 1.29 is 37.8 Å². The van der Waals surface area contributed by atoms with Crippen LogP contribution in [0, 0.1) is 17.7 Å². The number of alkyl carbamates (subject to hydrolysis) is 2. The number of nitrogens with zero attached hydrogens (tertiary/aromatic N) is 5. The summed E-state index contributed by atoms with van der Waals surface area (Å²) in [5.41, 5.74) is 4.66. The number of H-pyrrole nitrogens is 2. The lowest BCUT2D eigenvalue weighted by Gasteiger charge is -2.30. The van der Waals surface area contributed by atoms with Gasteiger partial charge in [-0.2, -0.15) is 0 Å². The van der Waals surface area contributed by atoms with Gasteiger partial charge in [0.15, 0.2) is 6.73 Å². The molecule has 7 rings (SSSR count). The molecule has 322 valence electrons. The van der Waals surface area contributed by atoms with Crippen LogP contribution in [0.25, 0.3) is 44.7 Å². The predicted octanol–water partition coefficient (Wildman–Crippen LogP) is 6.91. The van der Waals surface area contributed by atoms with Crippen LogP contribution in [-0.4, -0.2) is 97.7 Å². The number of carbonyl (C=O) groups excluding carboxylic acids is 4. The average molecular weight is 838 g/mol. The van der Waals surface area contributed by atoms with Crippen LogP contribution >= 0.6 is 0 Å². The highest BCUT2D eigenvalue weighted by molar-refractivity contribution is 5.92. The minimum absolute atomic E-state index is 0.173. The second-order valence-corrected chi connectivity index (χ2v) is 16.0. The Balaban J connectivity index is 1.10. The van der Waals surface area contributed by atoms with Crippen molar-refractivity contribution in [3.63, 3.8) is 0 Å². The summed E-state index contributed by atoms with van der Waals surface area (Å²) in [6.07, 6.45) is 5.65. The van der Waals surface area contributed by atoms with Gasteiger partial charge >= 0.3 is 12.2 Å². The number of aromatic amines is 2. The summed E-state index contributed by atoms with van der Waals surface area (Å²) in [5, 5.41) is 6.22. The third-order valence-corrected chi connectivity index (χ3v) is 11.3. The standard InChI is InChI=1S/C44H52FN9O7/c1-8-9-14-52(41(55)38(24(2)3)50-43(57)59-6)22-37-46-20-31(48-37)26-12-13-33-27(16-26)17-35-29-18-30(45)28(19-36(29)61-23-54(33)35)32-21-47-40(49-32)34-11-10-15-53(34)42(56)39(25(4)5)51-44(58)60-7/h8,12-13,16-21,24-25,34,38-39H,1,9-11,14-15,22-23H2,2-7H3,(H,46,48)(H,47,49)(H,50,57)(H,51,58). The molecule has 4 N–H and O–H groups in total. The average Bonchev–Trinajstić information content (AvgIpc) is 4.08. The molecule has 0 radical (unpaired) electrons. The molecule has 1 saturated heterocycles. The minimum Gasteiger partial charge on any atom is -0.472 e. The minimum atomic E-state index is -0.781. The lowest BCUT2D eigenvalue weighted by molar-refractivity contribution is -0.136. The first kappa shape index (κ1) is 42.5. The van der Waals surface area contributed by atoms with Crippen LogP contribution < -0.4 is 15.4 Å². The molecule has 17 heteroatoms. The molecule has 61 heavy (non-hydrogen) atoms. The highest BCUT2D eigenvalue weighted by Crippen LogP contribution is 2.42. The van der Waals surface area contributed by atoms with E-state index < -0.39 is 30.1 Å². The summed E-state index contributed by atoms with van der Waals surface area (Å²) >= 11 is 0. The highest BCUT2D eigenvalue weighted by atomic mass is 19.1. The summed E-state index contributed by atoms with van der Waals surface area (Å²) in [7, 11) is 2.52. The van der Waals surface area contributed by atoms with Gasteiger partial charge < -0.3 is 49.2 Å². The summed E-state index contributed by atoms with van der Waals surface area (Å²) < 4.78 is 33.8. The van der Waals surface area contributed by atoms with Crippen LogP contribution in [-0.2, 0) is 32.3 Å². The van der Waals surface area contributed by atoms with Gasteiger partial charge in [-0.3, -0.25) is 9.59 Å². The Morgan fingerprint density at radius 2 is 1.69 bits per heavy atom. The van der Waals surface area contributed by atoms with Gasteiger partial charge in [0.25, 0.3) is 0 Å². The number of imidazole rings is 2. The first-order valence-corrected chi connectivity index (χ1v) is 20.4. The number of nitrogens with one attached hydrogen (secondary N) is 4. The summed E-state index contributed by atoms with van der Waals surface area (Å²) in [5.74, 6) is 0.324. The van der Waals surface area contributed by atoms with Gasteiger partial charge in [-0.05, 0) is 61.4 Å². The Hall–Kier alpha value is -6.65. The van der Waals surface area contributed by atoms with Crippen molar-refractivity contribution in [2.45, 2.75) is 78.4 Å². The Morgan fingerprint density at radius 3 is 2.39 bits per heavy atom. The van der Waals surface area contributed by atoms with Crippen molar-refractivity contribution in [2.75, 3.05) is 27.3 Å². The lowest BCUT2D eigenvalue weighted by atomic mass is 10.0. The molecule has 0 saturated carbocycles. The van der Waals surface area contributed by atoms with Crippen molar-refractivity contribution in [1.29, 1.82) is 0 Å². The second kappa shape index (κ2) is 17.9. The van der Waals surface area contributed by atoms with Gasteiger partial charge in [0, 0.05) is 35.2 Å². The van der Waals surface area contributed by atoms with Crippen LogP contribution in [0.2, 0.25) is 0 Å². The van der Waals surface area contributed by atoms with Gasteiger partial charge in [0.05, 0.1) is 61.8 Å². The molecule has 3 atom stereocenters. The molecular formula is C44H52FN9O7. The number of methoxy groups -OCH3 is 2. The number of benzene rings is 2. The largest absolute Gasteiger partial charge is 0.472 e. The third-order valence-electron chi connectivity index (χ3n) is 11.3. The number of amides is 4. The highest BCUT2D eigenvalue weighted by Gasteiger charge is 2.38. The van der Waals surface area contributed by atoms with E-state index in [1.807, 2.05) is 56.5 Å². The number of carbonyl (C=O) groups is 4. The van der Waals surface area contributed by atoms with Crippen molar-refractivity contribution in [1.82, 2.24) is 44.9 Å². The van der Waals surface area contributed by atoms with E-state index in [-0.39, 0.29) is 48.5 Å². The molecular weight excluding hydrogens is 786 g/mol. The molecule has 0 aliphatic carbocycles. The summed E-state index contributed by atoms with van der Waals surface area (Å²) in [6.45, 7) is 12.5. The van der Waals surface area contributed by atoms with E-state index >= 15 is 4.39 Å². The number of hydrogen-bond donors (Lipinski definition) is 4. The number of hydrogen-bond acceptors (Lipinski definition) is 9. The quantitative estimate of drug-likeness (QED) is 0.0862. The van der Waals surface area contributed by atoms with E-state index in [1.54, 1.807) is 34.3 Å². The number of fused-ring (bicyclic) bond motifs is 5. The number of likely N-dealkylation sites (tertiary alicyclic amines) is 1. The molecule has 0 spiro atoms. The summed E-state index contributed by atoms with van der Waals surface area (Å²) in [6, 6.07) is 9.21. The van der Waals surface area contributed by atoms with E-state index in [0.717, 1.165) is 34.3 Å². The fraction of sp³-hybridized carbons (Fsp3) is 0.409. The molecule has 16 nitrogen and oxygen atoms in total. The molecule has 5 aromatic rings. The number of rotatable bonds is 14. The zero-order chi connectivity index (χ0) is 43.5. The molecule has 3 aromatic heterocycles. The van der Waals surface area contributed by atoms with Crippen LogP contribution in [0.5, 0.6) is 5.75 Å². The van der Waals surface area contributed by atoms with E-state index in [1.165, 1.54) is 20.3 Å². The van der Waals surface area contributed by atoms with Gasteiger partial charge in [0.2, 0.25) is 11.8 Å². The molecule has 1 fully saturated rings. The van der Waals surface area contributed by atoms with Crippen LogP contribution in [0.15, 0.2) is 61.4 Å². The van der Waals surface area contributed by atoms with Crippen molar-refractivity contribution >= 4 is 34.9 Å². The van der Waals surface area contributed by atoms with Crippen molar-refractivity contribution in [3.8, 4) is 39.5 Å². The maximum atomic E-state index is 16.1. The lowest BCUT2D eigenvalue weighted by Crippen LogP contribution is -2.51. The van der Waals surface area contributed by atoms with Crippen LogP contribution in [0.1, 0.15) is 64.6 Å². The van der Waals surface area contributed by atoms with Gasteiger partial charge in [0.1, 0.15) is 35.3 Å². The van der Waals surface area contributed by atoms with Gasteiger partial charge in [-0.1, -0.05) is 39.8 Å². The van der Waals surface area contributed by atoms with Crippen molar-refractivity contribution in [3.05, 3.63) is 78.9 Å². The van der Waals surface area contributed by atoms with Crippen molar-refractivity contribution in [2.24, 2.45) is 11.8 Å². The number of ether oxygens (including phenoxy) is 3. The third kappa shape index (κ3) is 8.67. The Kier molecular flexibility index (Phi) is 12.5. The molecule has 2 aliphatic rings. The zero-order valence-electron chi connectivity index (χ0n) is 35.2. The predicted molar refractivity (Wildman–Crippen MR) is 225 cm³/mol. The van der Waals surface area contributed by atoms with E-state index in [9.17, 15) is 19.2 Å². The molecule has 2 aliphatic heterocycles. The number of aromatic nitrogens is 5.